The molecule has 0 unspecified atom stereocenters. The third kappa shape index (κ3) is 2.68. The average Bonchev–Trinajstić information content (AvgIpc) is 2.56. The molecule has 0 saturated carbocycles. The van der Waals surface area contributed by atoms with Crippen molar-refractivity contribution in [1.29, 1.82) is 0 Å². The summed E-state index contributed by atoms with van der Waals surface area (Å²) in [4.78, 5) is 5.85. The van der Waals surface area contributed by atoms with Crippen LogP contribution in [0, 0.1) is 5.41 Å². The van der Waals surface area contributed by atoms with E-state index < -0.39 is 11.7 Å². The van der Waals surface area contributed by atoms with E-state index in [2.05, 4.69) is 18.8 Å². The predicted molar refractivity (Wildman–Crippen MR) is 64.3 cm³/mol. The van der Waals surface area contributed by atoms with E-state index in [0.29, 0.717) is 18.9 Å². The lowest BCUT2D eigenvalue weighted by atomic mass is 9.93. The Labute approximate surface area is 104 Å². The Hall–Kier alpha value is -1.46. The minimum absolute atomic E-state index is 0.0930. The van der Waals surface area contributed by atoms with E-state index in [1.54, 1.807) is 0 Å². The summed E-state index contributed by atoms with van der Waals surface area (Å²) >= 11 is 0. The summed E-state index contributed by atoms with van der Waals surface area (Å²) in [6.07, 6.45) is -3.45. The molecule has 1 aromatic heterocycles. The minimum Gasteiger partial charge on any atom is -0.384 e. The summed E-state index contributed by atoms with van der Waals surface area (Å²) < 4.78 is 38.1. The molecule has 0 atom stereocenters. The number of nitrogen functional groups attached to an aromatic ring is 1. The van der Waals surface area contributed by atoms with Crippen LogP contribution in [-0.2, 0) is 6.18 Å². The number of aromatic nitrogens is 1. The van der Waals surface area contributed by atoms with Crippen LogP contribution in [0.4, 0.5) is 24.8 Å². The fourth-order valence-corrected chi connectivity index (χ4v) is 2.17. The van der Waals surface area contributed by atoms with Crippen molar-refractivity contribution in [2.24, 2.45) is 5.41 Å². The molecule has 1 saturated heterocycles. The first-order valence-electron chi connectivity index (χ1n) is 5.77. The van der Waals surface area contributed by atoms with Crippen LogP contribution in [0.5, 0.6) is 0 Å². The molecule has 1 aliphatic heterocycles. The van der Waals surface area contributed by atoms with E-state index >= 15 is 0 Å². The van der Waals surface area contributed by atoms with E-state index in [1.165, 1.54) is 0 Å². The molecule has 2 rings (SSSR count). The van der Waals surface area contributed by atoms with Crippen LogP contribution in [0.25, 0.3) is 0 Å². The molecule has 1 aliphatic rings. The second kappa shape index (κ2) is 4.03. The van der Waals surface area contributed by atoms with Crippen LogP contribution in [0.1, 0.15) is 25.8 Å². The number of alkyl halides is 3. The van der Waals surface area contributed by atoms with E-state index in [1.807, 2.05) is 4.90 Å². The molecule has 0 bridgehead atoms. The van der Waals surface area contributed by atoms with E-state index in [9.17, 15) is 13.2 Å². The normalized spacial score (nSPS) is 19.3. The van der Waals surface area contributed by atoms with E-state index in [0.717, 1.165) is 18.6 Å². The Morgan fingerprint density at radius 1 is 1.33 bits per heavy atom. The van der Waals surface area contributed by atoms with Crippen molar-refractivity contribution in [2.45, 2.75) is 26.4 Å². The molecule has 2 N–H and O–H groups in total. The van der Waals surface area contributed by atoms with Crippen LogP contribution < -0.4 is 10.6 Å². The first kappa shape index (κ1) is 13.0. The molecule has 0 aromatic carbocycles. The number of halogens is 3. The number of anilines is 2. The third-order valence-electron chi connectivity index (χ3n) is 3.16. The molecule has 100 valence electrons. The Morgan fingerprint density at radius 3 is 2.50 bits per heavy atom. The fraction of sp³-hybridized carbons (Fsp3) is 0.583. The standard InChI is InChI=1S/C12H16F3N3/c1-11(2)3-4-18(7-11)10-6-8(12(13,14)15)5-9(16)17-10/h5-6H,3-4,7H2,1-2H3,(H2,16,17). The molecule has 0 aliphatic carbocycles. The topological polar surface area (TPSA) is 42.1 Å². The highest BCUT2D eigenvalue weighted by Gasteiger charge is 2.34. The fourth-order valence-electron chi connectivity index (χ4n) is 2.17. The monoisotopic (exact) mass is 259 g/mol. The van der Waals surface area contributed by atoms with Crippen molar-refractivity contribution in [2.75, 3.05) is 23.7 Å². The molecule has 1 fully saturated rings. The summed E-state index contributed by atoms with van der Waals surface area (Å²) in [6, 6.07) is 1.93. The summed E-state index contributed by atoms with van der Waals surface area (Å²) in [6.45, 7) is 5.58. The zero-order valence-electron chi connectivity index (χ0n) is 10.4. The maximum absolute atomic E-state index is 12.7. The molecule has 2 heterocycles. The highest BCUT2D eigenvalue weighted by Crippen LogP contribution is 2.35. The lowest BCUT2D eigenvalue weighted by Crippen LogP contribution is -2.24. The number of pyridine rings is 1. The number of rotatable bonds is 1. The maximum atomic E-state index is 12.7. The number of hydrogen-bond acceptors (Lipinski definition) is 3. The smallest absolute Gasteiger partial charge is 0.384 e. The van der Waals surface area contributed by atoms with Gasteiger partial charge in [-0.25, -0.2) is 4.98 Å². The lowest BCUT2D eigenvalue weighted by Gasteiger charge is -2.21. The van der Waals surface area contributed by atoms with E-state index in [-0.39, 0.29) is 11.2 Å². The Kier molecular flexibility index (Phi) is 2.91. The van der Waals surface area contributed by atoms with Crippen LogP contribution in [-0.4, -0.2) is 18.1 Å². The van der Waals surface area contributed by atoms with E-state index in [4.69, 9.17) is 5.73 Å². The van der Waals surface area contributed by atoms with Gasteiger partial charge in [0, 0.05) is 13.1 Å². The van der Waals surface area contributed by atoms with Gasteiger partial charge in [-0.05, 0) is 24.0 Å². The molecule has 6 heteroatoms. The van der Waals surface area contributed by atoms with Crippen molar-refractivity contribution in [3.8, 4) is 0 Å². The van der Waals surface area contributed by atoms with Gasteiger partial charge in [0.25, 0.3) is 0 Å². The second-order valence-corrected chi connectivity index (χ2v) is 5.47. The molecular weight excluding hydrogens is 243 g/mol. The first-order valence-corrected chi connectivity index (χ1v) is 5.77. The van der Waals surface area contributed by atoms with Crippen LogP contribution >= 0.6 is 0 Å². The number of hydrogen-bond donors (Lipinski definition) is 1. The summed E-state index contributed by atoms with van der Waals surface area (Å²) in [5, 5.41) is 0. The molecule has 0 spiro atoms. The molecule has 1 aromatic rings. The predicted octanol–water partition coefficient (Wildman–Crippen LogP) is 2.92. The van der Waals surface area contributed by atoms with Gasteiger partial charge >= 0.3 is 6.18 Å². The van der Waals surface area contributed by atoms with Crippen LogP contribution in [0.15, 0.2) is 12.1 Å². The van der Waals surface area contributed by atoms with Crippen LogP contribution in [0.2, 0.25) is 0 Å². The van der Waals surface area contributed by atoms with Gasteiger partial charge < -0.3 is 10.6 Å². The zero-order valence-corrected chi connectivity index (χ0v) is 10.4. The highest BCUT2D eigenvalue weighted by molar-refractivity contribution is 5.50. The van der Waals surface area contributed by atoms with Crippen molar-refractivity contribution < 1.29 is 13.2 Å². The Morgan fingerprint density at radius 2 is 2.00 bits per heavy atom. The van der Waals surface area contributed by atoms with Gasteiger partial charge in [-0.3, -0.25) is 0 Å². The van der Waals surface area contributed by atoms with Crippen molar-refractivity contribution >= 4 is 11.6 Å². The third-order valence-corrected chi connectivity index (χ3v) is 3.16. The summed E-state index contributed by atoms with van der Waals surface area (Å²) in [7, 11) is 0. The van der Waals surface area contributed by atoms with Crippen molar-refractivity contribution in [3.63, 3.8) is 0 Å². The largest absolute Gasteiger partial charge is 0.416 e. The van der Waals surface area contributed by atoms with Gasteiger partial charge in [0.05, 0.1) is 5.56 Å². The van der Waals surface area contributed by atoms with Gasteiger partial charge in [-0.1, -0.05) is 13.8 Å². The van der Waals surface area contributed by atoms with Gasteiger partial charge in [-0.15, -0.1) is 0 Å². The highest BCUT2D eigenvalue weighted by atomic mass is 19.4. The summed E-state index contributed by atoms with van der Waals surface area (Å²) in [5.41, 5.74) is 4.81. The number of nitrogens with two attached hydrogens (primary N) is 1. The Bertz CT molecular complexity index is 454. The van der Waals surface area contributed by atoms with Crippen molar-refractivity contribution in [1.82, 2.24) is 4.98 Å². The molecule has 0 amide bonds. The maximum Gasteiger partial charge on any atom is 0.416 e. The first-order chi connectivity index (χ1) is 8.17. The van der Waals surface area contributed by atoms with Gasteiger partial charge in [0.1, 0.15) is 11.6 Å². The molecule has 18 heavy (non-hydrogen) atoms. The molecule has 0 radical (unpaired) electrons. The quantitative estimate of drug-likeness (QED) is 0.843. The second-order valence-electron chi connectivity index (χ2n) is 5.47. The summed E-state index contributed by atoms with van der Waals surface area (Å²) in [5.74, 6) is 0.220. The minimum atomic E-state index is -4.39. The lowest BCUT2D eigenvalue weighted by molar-refractivity contribution is -0.137. The zero-order chi connectivity index (χ0) is 13.6. The average molecular weight is 259 g/mol. The van der Waals surface area contributed by atoms with Gasteiger partial charge in [0.15, 0.2) is 0 Å². The van der Waals surface area contributed by atoms with Gasteiger partial charge in [-0.2, -0.15) is 13.2 Å². The SMILES string of the molecule is CC1(C)CCN(c2cc(C(F)(F)F)cc(N)n2)C1. The Balaban J connectivity index is 2.32. The van der Waals surface area contributed by atoms with Crippen LogP contribution in [0.3, 0.4) is 0 Å². The molecule has 3 nitrogen and oxygen atoms in total. The molecular formula is C12H16F3N3. The van der Waals surface area contributed by atoms with Crippen molar-refractivity contribution in [3.05, 3.63) is 17.7 Å². The number of nitrogens with zero attached hydrogens (tertiary/aromatic N) is 2. The van der Waals surface area contributed by atoms with Gasteiger partial charge in [0.2, 0.25) is 0 Å².